The Bertz CT molecular complexity index is 272. The summed E-state index contributed by atoms with van der Waals surface area (Å²) < 4.78 is 0. The summed E-state index contributed by atoms with van der Waals surface area (Å²) in [5.74, 6) is 0.128. The fourth-order valence-electron chi connectivity index (χ4n) is 1.26. The lowest BCUT2D eigenvalue weighted by atomic mass is 10.1. The molecule has 0 aliphatic heterocycles. The molecule has 0 saturated carbocycles. The number of amidine groups is 1. The highest BCUT2D eigenvalue weighted by Crippen LogP contribution is 2.02. The fourth-order valence-corrected chi connectivity index (χ4v) is 1.26. The van der Waals surface area contributed by atoms with Crippen LogP contribution in [0.4, 0.5) is 0 Å². The van der Waals surface area contributed by atoms with Gasteiger partial charge in [0.15, 0.2) is 0 Å². The Morgan fingerprint density at radius 1 is 1.19 bits per heavy atom. The molecule has 0 aliphatic carbocycles. The molecule has 3 N–H and O–H groups in total. The summed E-state index contributed by atoms with van der Waals surface area (Å²) in [7, 11) is 0. The summed E-state index contributed by atoms with van der Waals surface area (Å²) >= 11 is 0. The van der Waals surface area contributed by atoms with Gasteiger partial charge in [0.2, 0.25) is 0 Å². The van der Waals surface area contributed by atoms with Crippen LogP contribution in [0.5, 0.6) is 0 Å². The zero-order valence-corrected chi connectivity index (χ0v) is 10.5. The molecule has 2 nitrogen and oxygen atoms in total. The van der Waals surface area contributed by atoms with Crippen molar-refractivity contribution in [2.75, 3.05) is 0 Å². The number of hydrogen-bond acceptors (Lipinski definition) is 1. The van der Waals surface area contributed by atoms with E-state index in [0.29, 0.717) is 0 Å². The molecule has 0 amide bonds. The van der Waals surface area contributed by atoms with Gasteiger partial charge in [-0.05, 0) is 19.3 Å². The average Bonchev–Trinajstić information content (AvgIpc) is 2.26. The number of nitrogens with two attached hydrogens (primary N) is 1. The van der Waals surface area contributed by atoms with E-state index in [1.165, 1.54) is 19.3 Å². The van der Waals surface area contributed by atoms with Gasteiger partial charge in [0, 0.05) is 5.57 Å². The van der Waals surface area contributed by atoms with E-state index in [1.54, 1.807) is 0 Å². The molecule has 0 unspecified atom stereocenters. The Morgan fingerprint density at radius 2 is 1.94 bits per heavy atom. The van der Waals surface area contributed by atoms with E-state index in [2.05, 4.69) is 19.9 Å². The normalized spacial score (nSPS) is 12.8. The Balaban J connectivity index is 4.13. The van der Waals surface area contributed by atoms with Crippen molar-refractivity contribution < 1.29 is 0 Å². The van der Waals surface area contributed by atoms with E-state index < -0.39 is 0 Å². The first-order valence-electron chi connectivity index (χ1n) is 6.10. The van der Waals surface area contributed by atoms with E-state index in [1.807, 2.05) is 24.3 Å². The Labute approximate surface area is 99.4 Å². The summed E-state index contributed by atoms with van der Waals surface area (Å²) in [6, 6.07) is 0. The van der Waals surface area contributed by atoms with Crippen molar-refractivity contribution >= 4 is 5.84 Å². The van der Waals surface area contributed by atoms with Crippen LogP contribution in [0.1, 0.15) is 46.0 Å². The lowest BCUT2D eigenvalue weighted by Gasteiger charge is -1.96. The minimum Gasteiger partial charge on any atom is -0.384 e. The van der Waals surface area contributed by atoms with Crippen LogP contribution in [0, 0.1) is 5.41 Å². The molecule has 0 spiro atoms. The predicted octanol–water partition coefficient (Wildman–Crippen LogP) is 3.95. The number of rotatable bonds is 8. The second kappa shape index (κ2) is 10.2. The van der Waals surface area contributed by atoms with Gasteiger partial charge in [-0.15, -0.1) is 0 Å². The third-order valence-electron chi connectivity index (χ3n) is 2.23. The van der Waals surface area contributed by atoms with Crippen molar-refractivity contribution in [3.05, 3.63) is 36.0 Å². The average molecular weight is 220 g/mol. The molecule has 0 aromatic heterocycles. The van der Waals surface area contributed by atoms with Crippen molar-refractivity contribution in [2.45, 2.75) is 46.0 Å². The predicted molar refractivity (Wildman–Crippen MR) is 72.7 cm³/mol. The van der Waals surface area contributed by atoms with Crippen LogP contribution in [0.2, 0.25) is 0 Å². The van der Waals surface area contributed by atoms with Crippen LogP contribution in [0.15, 0.2) is 36.0 Å². The van der Waals surface area contributed by atoms with Crippen molar-refractivity contribution in [3.63, 3.8) is 0 Å². The number of allylic oxidation sites excluding steroid dienone is 4. The van der Waals surface area contributed by atoms with Crippen LogP contribution >= 0.6 is 0 Å². The minimum absolute atomic E-state index is 0.128. The molecular weight excluding hydrogens is 196 g/mol. The van der Waals surface area contributed by atoms with E-state index in [9.17, 15) is 0 Å². The second-order valence-corrected chi connectivity index (χ2v) is 3.77. The van der Waals surface area contributed by atoms with Crippen LogP contribution in [0.25, 0.3) is 0 Å². The number of unbranched alkanes of at least 4 members (excludes halogenated alkanes) is 3. The zero-order valence-electron chi connectivity index (χ0n) is 10.5. The maximum Gasteiger partial charge on any atom is 0.122 e. The maximum absolute atomic E-state index is 7.40. The maximum atomic E-state index is 7.40. The first-order valence-corrected chi connectivity index (χ1v) is 6.10. The van der Waals surface area contributed by atoms with Crippen LogP contribution in [-0.2, 0) is 0 Å². The molecule has 0 saturated heterocycles. The lowest BCUT2D eigenvalue weighted by Crippen LogP contribution is -2.11. The topological polar surface area (TPSA) is 49.9 Å². The van der Waals surface area contributed by atoms with Gasteiger partial charge in [-0.25, -0.2) is 0 Å². The van der Waals surface area contributed by atoms with Gasteiger partial charge < -0.3 is 5.73 Å². The van der Waals surface area contributed by atoms with Gasteiger partial charge in [0.25, 0.3) is 0 Å². The van der Waals surface area contributed by atoms with Crippen molar-refractivity contribution in [1.29, 1.82) is 5.41 Å². The van der Waals surface area contributed by atoms with Gasteiger partial charge in [-0.1, -0.05) is 57.1 Å². The highest BCUT2D eigenvalue weighted by molar-refractivity contribution is 5.97. The molecule has 0 radical (unpaired) electrons. The summed E-state index contributed by atoms with van der Waals surface area (Å²) in [5, 5.41) is 7.40. The molecule has 16 heavy (non-hydrogen) atoms. The van der Waals surface area contributed by atoms with Gasteiger partial charge >= 0.3 is 0 Å². The first-order chi connectivity index (χ1) is 7.72. The molecule has 0 fully saturated rings. The van der Waals surface area contributed by atoms with Crippen molar-refractivity contribution in [3.8, 4) is 0 Å². The largest absolute Gasteiger partial charge is 0.384 e. The standard InChI is InChI=1S/C14H24N2/c1-3-5-7-8-9-10-12-13(14(15)16)11-6-4-2/h6,9-12H,3-5,7-8H2,1-2H3,(H3,15,16). The molecule has 0 aromatic rings. The van der Waals surface area contributed by atoms with Gasteiger partial charge in [-0.3, -0.25) is 5.41 Å². The monoisotopic (exact) mass is 220 g/mol. The number of nitrogens with one attached hydrogen (secondary N) is 1. The van der Waals surface area contributed by atoms with E-state index in [-0.39, 0.29) is 5.84 Å². The molecule has 90 valence electrons. The van der Waals surface area contributed by atoms with E-state index >= 15 is 0 Å². The summed E-state index contributed by atoms with van der Waals surface area (Å²) in [4.78, 5) is 0. The number of hydrogen-bond donors (Lipinski definition) is 2. The Hall–Kier alpha value is -1.31. The van der Waals surface area contributed by atoms with Crippen LogP contribution in [-0.4, -0.2) is 5.84 Å². The lowest BCUT2D eigenvalue weighted by molar-refractivity contribution is 0.729. The zero-order chi connectivity index (χ0) is 12.2. The van der Waals surface area contributed by atoms with Gasteiger partial charge in [0.1, 0.15) is 5.84 Å². The Kier molecular flexibility index (Phi) is 9.38. The molecule has 0 aliphatic rings. The van der Waals surface area contributed by atoms with E-state index in [4.69, 9.17) is 11.1 Å². The van der Waals surface area contributed by atoms with Crippen LogP contribution < -0.4 is 5.73 Å². The third kappa shape index (κ3) is 8.04. The third-order valence-corrected chi connectivity index (χ3v) is 2.23. The Morgan fingerprint density at radius 3 is 2.50 bits per heavy atom. The highest BCUT2D eigenvalue weighted by Gasteiger charge is 1.92. The molecular formula is C14H24N2. The second-order valence-electron chi connectivity index (χ2n) is 3.77. The molecule has 0 heterocycles. The smallest absolute Gasteiger partial charge is 0.122 e. The fraction of sp³-hybridized carbons (Fsp3) is 0.500. The van der Waals surface area contributed by atoms with Crippen molar-refractivity contribution in [1.82, 2.24) is 0 Å². The SMILES string of the molecule is CCC=CC(=CC=CCCCCC)C(=N)N. The highest BCUT2D eigenvalue weighted by atomic mass is 14.7. The molecule has 0 bridgehead atoms. The molecule has 2 heteroatoms. The van der Waals surface area contributed by atoms with Crippen molar-refractivity contribution in [2.24, 2.45) is 5.73 Å². The first kappa shape index (κ1) is 14.7. The summed E-state index contributed by atoms with van der Waals surface area (Å²) in [6.45, 7) is 4.27. The van der Waals surface area contributed by atoms with Gasteiger partial charge in [-0.2, -0.15) is 0 Å². The minimum atomic E-state index is 0.128. The summed E-state index contributed by atoms with van der Waals surface area (Å²) in [6.07, 6.45) is 15.8. The summed E-state index contributed by atoms with van der Waals surface area (Å²) in [5.41, 5.74) is 6.26. The molecule has 0 atom stereocenters. The molecule has 0 aromatic carbocycles. The van der Waals surface area contributed by atoms with E-state index in [0.717, 1.165) is 18.4 Å². The van der Waals surface area contributed by atoms with Crippen LogP contribution in [0.3, 0.4) is 0 Å². The van der Waals surface area contributed by atoms with Gasteiger partial charge in [0.05, 0.1) is 0 Å². The molecule has 0 rings (SSSR count). The quantitative estimate of drug-likeness (QED) is 0.277.